The van der Waals surface area contributed by atoms with Crippen LogP contribution in [0.4, 0.5) is 16.2 Å². The number of amides is 4. The number of para-hydroxylation sites is 1. The summed E-state index contributed by atoms with van der Waals surface area (Å²) in [5.41, 5.74) is 3.31. The molecule has 0 saturated carbocycles. The zero-order valence-electron chi connectivity index (χ0n) is 23.1. The Bertz CT molecular complexity index is 1410. The largest absolute Gasteiger partial charge is 0.495 e. The Morgan fingerprint density at radius 1 is 0.927 bits per heavy atom. The summed E-state index contributed by atoms with van der Waals surface area (Å²) in [5.74, 6) is -1.40. The molecule has 0 aromatic heterocycles. The number of benzene rings is 3. The third kappa shape index (κ3) is 9.25. The maximum Gasteiger partial charge on any atom is 0.323 e. The lowest BCUT2D eigenvalue weighted by Gasteiger charge is -2.26. The highest BCUT2D eigenvalue weighted by atomic mass is 35.5. The third-order valence-electron chi connectivity index (χ3n) is 6.33. The average Bonchev–Trinajstić information content (AvgIpc) is 2.93. The third-order valence-corrected chi connectivity index (χ3v) is 6.70. The molecule has 10 nitrogen and oxygen atoms in total. The van der Waals surface area contributed by atoms with E-state index in [-0.39, 0.29) is 38.4 Å². The number of halogens is 1. The maximum absolute atomic E-state index is 13.1. The van der Waals surface area contributed by atoms with E-state index in [1.165, 1.54) is 24.0 Å². The molecule has 3 rings (SSSR count). The van der Waals surface area contributed by atoms with Gasteiger partial charge in [0.25, 0.3) is 0 Å². The lowest BCUT2D eigenvalue weighted by atomic mass is 10.1. The molecule has 0 saturated heterocycles. The number of nitrogens with one attached hydrogen (secondary N) is 2. The van der Waals surface area contributed by atoms with Crippen LogP contribution < -0.4 is 15.4 Å². The van der Waals surface area contributed by atoms with Gasteiger partial charge >= 0.3 is 12.0 Å². The Kier molecular flexibility index (Phi) is 11.1. The van der Waals surface area contributed by atoms with E-state index in [0.717, 1.165) is 5.56 Å². The average molecular weight is 581 g/mol. The molecule has 0 aliphatic rings. The van der Waals surface area contributed by atoms with Gasteiger partial charge in [-0.3, -0.25) is 14.4 Å². The molecule has 0 aliphatic heterocycles. The highest BCUT2D eigenvalue weighted by molar-refractivity contribution is 6.31. The van der Waals surface area contributed by atoms with Crippen molar-refractivity contribution in [3.8, 4) is 5.75 Å². The van der Waals surface area contributed by atoms with Crippen LogP contribution in [0.15, 0.2) is 66.7 Å². The molecule has 0 fully saturated rings. The highest BCUT2D eigenvalue weighted by Crippen LogP contribution is 2.26. The Hall–Kier alpha value is -4.57. The van der Waals surface area contributed by atoms with E-state index in [1.807, 2.05) is 25.1 Å². The van der Waals surface area contributed by atoms with Crippen LogP contribution in [-0.4, -0.2) is 66.0 Å². The maximum atomic E-state index is 13.1. The van der Waals surface area contributed by atoms with E-state index in [0.29, 0.717) is 33.3 Å². The fourth-order valence-corrected chi connectivity index (χ4v) is 4.19. The summed E-state index contributed by atoms with van der Waals surface area (Å²) >= 11 is 6.23. The first kappa shape index (κ1) is 31.0. The first-order valence-corrected chi connectivity index (χ1v) is 13.2. The first-order valence-electron chi connectivity index (χ1n) is 12.8. The number of hydrogen-bond donors (Lipinski definition) is 3. The van der Waals surface area contributed by atoms with Crippen LogP contribution >= 0.6 is 11.6 Å². The molecule has 0 heterocycles. The smallest absolute Gasteiger partial charge is 0.323 e. The van der Waals surface area contributed by atoms with Crippen LogP contribution in [0.25, 0.3) is 0 Å². The fraction of sp³-hybridized carbons (Fsp3) is 0.267. The number of methoxy groups -OCH3 is 1. The number of aryl methyl sites for hydroxylation is 1. The van der Waals surface area contributed by atoms with Crippen LogP contribution in [0.3, 0.4) is 0 Å². The number of carbonyl (C=O) groups is 4. The molecule has 3 aromatic rings. The van der Waals surface area contributed by atoms with Crippen LogP contribution in [0.2, 0.25) is 5.02 Å². The van der Waals surface area contributed by atoms with Gasteiger partial charge in [0.05, 0.1) is 32.2 Å². The molecule has 0 aliphatic carbocycles. The zero-order valence-corrected chi connectivity index (χ0v) is 23.9. The normalized spacial score (nSPS) is 10.4. The predicted molar refractivity (Wildman–Crippen MR) is 157 cm³/mol. The molecule has 216 valence electrons. The summed E-state index contributed by atoms with van der Waals surface area (Å²) in [7, 11) is 2.97. The molecule has 0 bridgehead atoms. The van der Waals surface area contributed by atoms with Crippen molar-refractivity contribution in [1.29, 1.82) is 0 Å². The van der Waals surface area contributed by atoms with E-state index < -0.39 is 17.9 Å². The van der Waals surface area contributed by atoms with Crippen molar-refractivity contribution in [2.75, 3.05) is 37.9 Å². The number of aliphatic carboxylic acids is 1. The van der Waals surface area contributed by atoms with Crippen LogP contribution in [0, 0.1) is 6.92 Å². The van der Waals surface area contributed by atoms with E-state index >= 15 is 0 Å². The van der Waals surface area contributed by atoms with Gasteiger partial charge in [0.15, 0.2) is 0 Å². The molecule has 11 heteroatoms. The molecule has 0 spiro atoms. The molecule has 0 radical (unpaired) electrons. The molecule has 41 heavy (non-hydrogen) atoms. The summed E-state index contributed by atoms with van der Waals surface area (Å²) in [5, 5.41) is 15.1. The van der Waals surface area contributed by atoms with Gasteiger partial charge in [-0.25, -0.2) is 4.79 Å². The van der Waals surface area contributed by atoms with Crippen molar-refractivity contribution in [2.45, 2.75) is 26.3 Å². The number of likely N-dealkylation sites (N-methyl/N-ethyl adjacent to an activating group) is 1. The fourth-order valence-electron chi connectivity index (χ4n) is 3.99. The second-order valence-corrected chi connectivity index (χ2v) is 9.81. The minimum atomic E-state index is -1.04. The Morgan fingerprint density at radius 2 is 1.61 bits per heavy atom. The topological polar surface area (TPSA) is 128 Å². The second-order valence-electron chi connectivity index (χ2n) is 9.41. The first-order chi connectivity index (χ1) is 19.6. The second kappa shape index (κ2) is 14.7. The summed E-state index contributed by atoms with van der Waals surface area (Å²) in [6.45, 7) is 1.75. The van der Waals surface area contributed by atoms with E-state index in [9.17, 15) is 19.2 Å². The number of anilines is 2. The van der Waals surface area contributed by atoms with E-state index in [4.69, 9.17) is 21.4 Å². The minimum Gasteiger partial charge on any atom is -0.495 e. The van der Waals surface area contributed by atoms with Crippen LogP contribution in [0.1, 0.15) is 23.1 Å². The highest BCUT2D eigenvalue weighted by Gasteiger charge is 2.21. The number of carboxylic acids is 1. The van der Waals surface area contributed by atoms with Gasteiger partial charge in [-0.05, 0) is 47.9 Å². The Morgan fingerprint density at radius 3 is 2.29 bits per heavy atom. The molecule has 0 atom stereocenters. The standard InChI is InChI=1S/C30H33ClN4O6/c1-20-8-4-7-11-24(20)32-30(40)33-25-13-12-21(16-26(25)41-3)17-27(36)34(2)19-28(37)35(15-14-29(38)39)18-22-9-5-6-10-23(22)31/h4-13,16H,14-15,17-19H2,1-3H3,(H,38,39)(H2,32,33,40). The number of carboxylic acid groups (broad SMARTS) is 1. The Balaban J connectivity index is 1.62. The van der Waals surface area contributed by atoms with Gasteiger partial charge in [-0.15, -0.1) is 0 Å². The molecular weight excluding hydrogens is 548 g/mol. The van der Waals surface area contributed by atoms with Gasteiger partial charge in [-0.2, -0.15) is 0 Å². The van der Waals surface area contributed by atoms with E-state index in [2.05, 4.69) is 10.6 Å². The predicted octanol–water partition coefficient (Wildman–Crippen LogP) is 4.81. The summed E-state index contributed by atoms with van der Waals surface area (Å²) < 4.78 is 5.42. The van der Waals surface area contributed by atoms with Crippen molar-refractivity contribution < 1.29 is 29.0 Å². The van der Waals surface area contributed by atoms with E-state index in [1.54, 1.807) is 48.5 Å². The number of rotatable bonds is 12. The van der Waals surface area contributed by atoms with Crippen molar-refractivity contribution in [3.63, 3.8) is 0 Å². The minimum absolute atomic E-state index is 0.0184. The monoisotopic (exact) mass is 580 g/mol. The molecule has 0 unspecified atom stereocenters. The van der Waals surface area contributed by atoms with Gasteiger partial charge in [0.1, 0.15) is 5.75 Å². The lowest BCUT2D eigenvalue weighted by Crippen LogP contribution is -2.42. The van der Waals surface area contributed by atoms with Crippen molar-refractivity contribution in [1.82, 2.24) is 9.80 Å². The van der Waals surface area contributed by atoms with Crippen molar-refractivity contribution in [2.24, 2.45) is 0 Å². The number of ether oxygens (including phenoxy) is 1. The van der Waals surface area contributed by atoms with Crippen LogP contribution in [0.5, 0.6) is 5.75 Å². The van der Waals surface area contributed by atoms with Crippen molar-refractivity contribution in [3.05, 3.63) is 88.4 Å². The molecule has 3 N–H and O–H groups in total. The zero-order chi connectivity index (χ0) is 29.9. The summed E-state index contributed by atoms with van der Waals surface area (Å²) in [6.07, 6.45) is -0.257. The quantitative estimate of drug-likeness (QED) is 0.282. The summed E-state index contributed by atoms with van der Waals surface area (Å²) in [6, 6.07) is 18.9. The number of urea groups is 1. The summed E-state index contributed by atoms with van der Waals surface area (Å²) in [4.78, 5) is 52.4. The molecule has 3 aromatic carbocycles. The van der Waals surface area contributed by atoms with Crippen molar-refractivity contribution >= 4 is 46.8 Å². The number of carbonyl (C=O) groups excluding carboxylic acids is 3. The Labute approximate surface area is 243 Å². The van der Waals surface area contributed by atoms with Gasteiger partial charge < -0.3 is 30.3 Å². The van der Waals surface area contributed by atoms with Crippen LogP contribution in [-0.2, 0) is 27.3 Å². The number of hydrogen-bond acceptors (Lipinski definition) is 5. The molecular formula is C30H33ClN4O6. The number of nitrogens with zero attached hydrogens (tertiary/aromatic N) is 2. The van der Waals surface area contributed by atoms with Gasteiger partial charge in [-0.1, -0.05) is 54.1 Å². The lowest BCUT2D eigenvalue weighted by molar-refractivity contribution is -0.141. The molecule has 4 amide bonds. The van der Waals surface area contributed by atoms with Gasteiger partial charge in [0.2, 0.25) is 11.8 Å². The SMILES string of the molecule is COc1cc(CC(=O)N(C)CC(=O)N(CCC(=O)O)Cc2ccccc2Cl)ccc1NC(=O)Nc1ccccc1C. The van der Waals surface area contributed by atoms with Gasteiger partial charge in [0, 0.05) is 30.8 Å².